The summed E-state index contributed by atoms with van der Waals surface area (Å²) in [6.45, 7) is 3.30. The number of carbonyl (C=O) groups excluding carboxylic acids is 2. The monoisotopic (exact) mass is 465 g/mol. The van der Waals surface area contributed by atoms with Crippen LogP contribution in [0.2, 0.25) is 0 Å². The maximum atomic E-state index is 13.0. The second-order valence-electron chi connectivity index (χ2n) is 8.54. The predicted octanol–water partition coefficient (Wildman–Crippen LogP) is 4.86. The molecule has 6 rings (SSSR count). The summed E-state index contributed by atoms with van der Waals surface area (Å²) in [4.78, 5) is 33.6. The minimum atomic E-state index is -1.58. The van der Waals surface area contributed by atoms with Crippen molar-refractivity contribution in [3.05, 3.63) is 54.3 Å². The molecule has 0 spiro atoms. The SMILES string of the molecule is COc1ccccc1-c1cccc2cc(C(=O)C[C@H]3CN4CCC3CC4)oc12.O=COC(=O)O. The van der Waals surface area contributed by atoms with E-state index in [-0.39, 0.29) is 12.3 Å². The second-order valence-corrected chi connectivity index (χ2v) is 8.54. The van der Waals surface area contributed by atoms with Gasteiger partial charge in [-0.25, -0.2) is 4.79 Å². The molecule has 0 saturated carbocycles. The average molecular weight is 466 g/mol. The van der Waals surface area contributed by atoms with Crippen molar-refractivity contribution in [3.8, 4) is 16.9 Å². The molecular weight excluding hydrogens is 438 g/mol. The Bertz CT molecular complexity index is 1180. The van der Waals surface area contributed by atoms with Gasteiger partial charge < -0.3 is 23.9 Å². The van der Waals surface area contributed by atoms with Crippen LogP contribution in [0.3, 0.4) is 0 Å². The number of hydrogen-bond donors (Lipinski definition) is 1. The maximum Gasteiger partial charge on any atom is 0.513 e. The van der Waals surface area contributed by atoms with Gasteiger partial charge >= 0.3 is 12.6 Å². The zero-order valence-corrected chi connectivity index (χ0v) is 18.9. The van der Waals surface area contributed by atoms with Crippen LogP contribution in [0.25, 0.3) is 22.1 Å². The molecule has 2 aromatic carbocycles. The Morgan fingerprint density at radius 3 is 2.47 bits per heavy atom. The summed E-state index contributed by atoms with van der Waals surface area (Å²) in [7, 11) is 1.67. The normalized spacial score (nSPS) is 20.8. The van der Waals surface area contributed by atoms with Gasteiger partial charge in [-0.2, -0.15) is 0 Å². The molecule has 1 N–H and O–H groups in total. The van der Waals surface area contributed by atoms with Crippen LogP contribution in [0.4, 0.5) is 4.79 Å². The molecule has 3 fully saturated rings. The van der Waals surface area contributed by atoms with Gasteiger partial charge in [0.1, 0.15) is 11.3 Å². The van der Waals surface area contributed by atoms with Crippen LogP contribution in [0.5, 0.6) is 5.75 Å². The zero-order chi connectivity index (χ0) is 24.1. The highest BCUT2D eigenvalue weighted by Crippen LogP contribution is 2.38. The summed E-state index contributed by atoms with van der Waals surface area (Å²) < 4.78 is 14.9. The fraction of sp³-hybridized carbons (Fsp3) is 0.346. The van der Waals surface area contributed by atoms with E-state index in [1.807, 2.05) is 48.5 Å². The third-order valence-electron chi connectivity index (χ3n) is 6.60. The van der Waals surface area contributed by atoms with E-state index in [0.29, 0.717) is 24.0 Å². The van der Waals surface area contributed by atoms with Crippen molar-refractivity contribution in [1.29, 1.82) is 0 Å². The molecule has 0 radical (unpaired) electrons. The molecule has 0 unspecified atom stereocenters. The van der Waals surface area contributed by atoms with Crippen molar-refractivity contribution in [2.75, 3.05) is 26.7 Å². The number of ketones is 1. The summed E-state index contributed by atoms with van der Waals surface area (Å²) in [6.07, 6.45) is 1.47. The van der Waals surface area contributed by atoms with E-state index in [0.717, 1.165) is 34.4 Å². The van der Waals surface area contributed by atoms with Crippen LogP contribution in [-0.2, 0) is 9.53 Å². The van der Waals surface area contributed by atoms with E-state index in [4.69, 9.17) is 23.8 Å². The van der Waals surface area contributed by atoms with Gasteiger partial charge in [0.15, 0.2) is 11.5 Å². The first kappa shape index (κ1) is 23.5. The van der Waals surface area contributed by atoms with Crippen molar-refractivity contribution in [3.63, 3.8) is 0 Å². The molecule has 3 aliphatic heterocycles. The number of Topliss-reactive ketones (excluding diaryl/α,β-unsaturated/α-hetero) is 1. The minimum absolute atomic E-state index is 0.126. The number of hydrogen-bond acceptors (Lipinski definition) is 7. The van der Waals surface area contributed by atoms with Gasteiger partial charge in [0, 0.05) is 29.5 Å². The number of fused-ring (bicyclic) bond motifs is 4. The number of ether oxygens (including phenoxy) is 2. The lowest BCUT2D eigenvalue weighted by Gasteiger charge is -2.44. The van der Waals surface area contributed by atoms with Gasteiger partial charge in [0.2, 0.25) is 0 Å². The van der Waals surface area contributed by atoms with Crippen molar-refractivity contribution in [1.82, 2.24) is 4.90 Å². The zero-order valence-electron chi connectivity index (χ0n) is 18.9. The molecule has 8 heteroatoms. The smallest absolute Gasteiger partial charge is 0.496 e. The Balaban J connectivity index is 0.000000408. The Labute approximate surface area is 197 Å². The van der Waals surface area contributed by atoms with Crippen molar-refractivity contribution >= 4 is 29.4 Å². The second kappa shape index (κ2) is 10.5. The van der Waals surface area contributed by atoms with Crippen LogP contribution >= 0.6 is 0 Å². The largest absolute Gasteiger partial charge is 0.513 e. The van der Waals surface area contributed by atoms with Crippen LogP contribution in [0.1, 0.15) is 29.8 Å². The van der Waals surface area contributed by atoms with Crippen LogP contribution < -0.4 is 4.74 Å². The van der Waals surface area contributed by atoms with E-state index in [1.165, 1.54) is 25.9 Å². The molecular formula is C26H27NO7. The molecule has 2 bridgehead atoms. The first-order valence-corrected chi connectivity index (χ1v) is 11.2. The Hall–Kier alpha value is -3.65. The van der Waals surface area contributed by atoms with E-state index < -0.39 is 6.16 Å². The van der Waals surface area contributed by atoms with Gasteiger partial charge in [-0.3, -0.25) is 9.59 Å². The van der Waals surface area contributed by atoms with Crippen molar-refractivity contribution < 1.29 is 33.4 Å². The summed E-state index contributed by atoms with van der Waals surface area (Å²) >= 11 is 0. The average Bonchev–Trinajstić information content (AvgIpc) is 3.30. The highest BCUT2D eigenvalue weighted by molar-refractivity contribution is 6.01. The Kier molecular flexibility index (Phi) is 7.27. The Morgan fingerprint density at radius 1 is 1.12 bits per heavy atom. The van der Waals surface area contributed by atoms with Gasteiger partial charge in [-0.15, -0.1) is 0 Å². The molecule has 1 atom stereocenters. The highest BCUT2D eigenvalue weighted by Gasteiger charge is 2.35. The molecule has 178 valence electrons. The molecule has 0 amide bonds. The number of carboxylic acid groups (broad SMARTS) is 1. The number of rotatable bonds is 6. The number of benzene rings is 2. The fourth-order valence-corrected chi connectivity index (χ4v) is 4.98. The number of nitrogens with zero attached hydrogens (tertiary/aromatic N) is 1. The summed E-state index contributed by atoms with van der Waals surface area (Å²) in [5.41, 5.74) is 2.68. The number of piperidine rings is 3. The number of para-hydroxylation sites is 2. The summed E-state index contributed by atoms with van der Waals surface area (Å²) in [6, 6.07) is 15.8. The first-order chi connectivity index (χ1) is 16.5. The number of methoxy groups -OCH3 is 1. The lowest BCUT2D eigenvalue weighted by molar-refractivity contribution is -0.124. The summed E-state index contributed by atoms with van der Waals surface area (Å²) in [5.74, 6) is 2.57. The predicted molar refractivity (Wildman–Crippen MR) is 125 cm³/mol. The molecule has 3 aromatic rings. The topological polar surface area (TPSA) is 106 Å². The third kappa shape index (κ3) is 5.12. The van der Waals surface area contributed by atoms with Gasteiger partial charge in [0.05, 0.1) is 7.11 Å². The molecule has 3 saturated heterocycles. The van der Waals surface area contributed by atoms with Crippen molar-refractivity contribution in [2.45, 2.75) is 19.3 Å². The third-order valence-corrected chi connectivity index (χ3v) is 6.60. The minimum Gasteiger partial charge on any atom is -0.496 e. The van der Waals surface area contributed by atoms with Gasteiger partial charge in [0.25, 0.3) is 0 Å². The van der Waals surface area contributed by atoms with Crippen LogP contribution in [0.15, 0.2) is 52.9 Å². The molecule has 0 aliphatic carbocycles. The highest BCUT2D eigenvalue weighted by atomic mass is 16.7. The van der Waals surface area contributed by atoms with Crippen molar-refractivity contribution in [2.24, 2.45) is 11.8 Å². The van der Waals surface area contributed by atoms with E-state index >= 15 is 0 Å². The van der Waals surface area contributed by atoms with E-state index in [9.17, 15) is 4.79 Å². The molecule has 34 heavy (non-hydrogen) atoms. The van der Waals surface area contributed by atoms with Crippen LogP contribution in [0, 0.1) is 11.8 Å². The quantitative estimate of drug-likeness (QED) is 0.238. The fourth-order valence-electron chi connectivity index (χ4n) is 4.98. The molecule has 8 nitrogen and oxygen atoms in total. The van der Waals surface area contributed by atoms with E-state index in [1.54, 1.807) is 7.11 Å². The standard InChI is InChI=1S/C24H25NO3.C2H2O4/c1-27-22-8-3-2-6-19(22)20-7-4-5-17-14-23(28-24(17)20)21(26)13-18-15-25-11-9-16(18)10-12-25;3-1-6-2(4)5/h2-8,14,16,18H,9-13,15H2,1H3;1H,(H,4,5)/t18-;/m0./s1. The lowest BCUT2D eigenvalue weighted by atomic mass is 9.76. The summed E-state index contributed by atoms with van der Waals surface area (Å²) in [5, 5.41) is 8.42. The molecule has 4 heterocycles. The molecule has 1 aromatic heterocycles. The number of carbonyl (C=O) groups is 3. The molecule has 3 aliphatic rings. The Morgan fingerprint density at radius 2 is 1.85 bits per heavy atom. The van der Waals surface area contributed by atoms with E-state index in [2.05, 4.69) is 9.64 Å². The van der Waals surface area contributed by atoms with Crippen LogP contribution in [-0.4, -0.2) is 55.2 Å². The maximum absolute atomic E-state index is 13.0. The first-order valence-electron chi connectivity index (χ1n) is 11.2. The van der Waals surface area contributed by atoms with Gasteiger partial charge in [-0.05, 0) is 49.9 Å². The van der Waals surface area contributed by atoms with Gasteiger partial charge in [-0.1, -0.05) is 36.4 Å². The lowest BCUT2D eigenvalue weighted by Crippen LogP contribution is -2.47. The number of furan rings is 1.